The van der Waals surface area contributed by atoms with Crippen molar-refractivity contribution in [2.75, 3.05) is 0 Å². The summed E-state index contributed by atoms with van der Waals surface area (Å²) >= 11 is 1.73. The SMILES string of the molecule is Cc1cc(C(C)NC(=O)NN)c(C)s1. The van der Waals surface area contributed by atoms with Crippen molar-refractivity contribution in [2.24, 2.45) is 5.84 Å². The Morgan fingerprint density at radius 1 is 1.57 bits per heavy atom. The van der Waals surface area contributed by atoms with Gasteiger partial charge in [-0.3, -0.25) is 5.43 Å². The molecule has 5 heteroatoms. The van der Waals surface area contributed by atoms with Crippen LogP contribution < -0.4 is 16.6 Å². The Balaban J connectivity index is 2.73. The summed E-state index contributed by atoms with van der Waals surface area (Å²) in [6, 6.07) is 1.71. The largest absolute Gasteiger partial charge is 0.331 e. The number of rotatable bonds is 2. The van der Waals surface area contributed by atoms with Gasteiger partial charge >= 0.3 is 6.03 Å². The quantitative estimate of drug-likeness (QED) is 0.397. The molecular weight excluding hydrogens is 198 g/mol. The number of nitrogens with one attached hydrogen (secondary N) is 2. The molecule has 0 radical (unpaired) electrons. The van der Waals surface area contributed by atoms with Crippen LogP contribution >= 0.6 is 11.3 Å². The first-order valence-corrected chi connectivity index (χ1v) is 5.20. The van der Waals surface area contributed by atoms with E-state index >= 15 is 0 Å². The highest BCUT2D eigenvalue weighted by atomic mass is 32.1. The number of urea groups is 1. The van der Waals surface area contributed by atoms with Gasteiger partial charge < -0.3 is 5.32 Å². The van der Waals surface area contributed by atoms with Gasteiger partial charge in [-0.2, -0.15) is 0 Å². The maximum absolute atomic E-state index is 11.0. The van der Waals surface area contributed by atoms with E-state index in [9.17, 15) is 4.79 Å². The van der Waals surface area contributed by atoms with Crippen LogP contribution in [0.2, 0.25) is 0 Å². The first-order chi connectivity index (χ1) is 6.54. The van der Waals surface area contributed by atoms with E-state index in [2.05, 4.69) is 18.3 Å². The van der Waals surface area contributed by atoms with E-state index in [1.165, 1.54) is 9.75 Å². The third-order valence-corrected chi connectivity index (χ3v) is 3.01. The molecule has 1 aromatic rings. The Morgan fingerprint density at radius 3 is 2.64 bits per heavy atom. The number of carbonyl (C=O) groups is 1. The van der Waals surface area contributed by atoms with Gasteiger partial charge in [0.1, 0.15) is 0 Å². The predicted octanol–water partition coefficient (Wildman–Crippen LogP) is 1.60. The highest BCUT2D eigenvalue weighted by molar-refractivity contribution is 7.12. The summed E-state index contributed by atoms with van der Waals surface area (Å²) in [5.41, 5.74) is 3.19. The van der Waals surface area contributed by atoms with E-state index < -0.39 is 0 Å². The molecule has 0 aliphatic heterocycles. The van der Waals surface area contributed by atoms with Crippen molar-refractivity contribution >= 4 is 17.4 Å². The molecular formula is C9H15N3OS. The molecule has 2 amide bonds. The summed E-state index contributed by atoms with van der Waals surface area (Å²) in [7, 11) is 0. The molecule has 0 saturated carbocycles. The van der Waals surface area contributed by atoms with Crippen LogP contribution in [0.15, 0.2) is 6.07 Å². The van der Waals surface area contributed by atoms with Crippen LogP contribution in [0.4, 0.5) is 4.79 Å². The maximum Gasteiger partial charge on any atom is 0.329 e. The van der Waals surface area contributed by atoms with Crippen molar-refractivity contribution in [3.63, 3.8) is 0 Å². The van der Waals surface area contributed by atoms with Crippen LogP contribution in [0.1, 0.15) is 28.3 Å². The zero-order valence-corrected chi connectivity index (χ0v) is 9.37. The summed E-state index contributed by atoms with van der Waals surface area (Å²) in [5.74, 6) is 4.98. The predicted molar refractivity (Wildman–Crippen MR) is 58.1 cm³/mol. The summed E-state index contributed by atoms with van der Waals surface area (Å²) in [4.78, 5) is 13.4. The molecule has 0 aromatic carbocycles. The van der Waals surface area contributed by atoms with Gasteiger partial charge in [0.2, 0.25) is 0 Å². The number of thiophene rings is 1. The molecule has 14 heavy (non-hydrogen) atoms. The normalized spacial score (nSPS) is 12.3. The van der Waals surface area contributed by atoms with Crippen molar-refractivity contribution in [2.45, 2.75) is 26.8 Å². The van der Waals surface area contributed by atoms with Crippen LogP contribution in [0.3, 0.4) is 0 Å². The lowest BCUT2D eigenvalue weighted by atomic mass is 10.1. The highest BCUT2D eigenvalue weighted by Crippen LogP contribution is 2.25. The minimum Gasteiger partial charge on any atom is -0.331 e. The van der Waals surface area contributed by atoms with Crippen molar-refractivity contribution in [3.8, 4) is 0 Å². The Labute approximate surface area is 87.5 Å². The van der Waals surface area contributed by atoms with Crippen molar-refractivity contribution < 1.29 is 4.79 Å². The highest BCUT2D eigenvalue weighted by Gasteiger charge is 2.12. The van der Waals surface area contributed by atoms with Gasteiger partial charge in [0.15, 0.2) is 0 Å². The molecule has 1 atom stereocenters. The molecule has 0 aliphatic rings. The lowest BCUT2D eigenvalue weighted by Gasteiger charge is -2.12. The molecule has 1 aromatic heterocycles. The van der Waals surface area contributed by atoms with Crippen LogP contribution in [-0.2, 0) is 0 Å². The van der Waals surface area contributed by atoms with Gasteiger partial charge in [-0.05, 0) is 32.4 Å². The average molecular weight is 213 g/mol. The molecule has 4 nitrogen and oxygen atoms in total. The van der Waals surface area contributed by atoms with Crippen LogP contribution in [0.5, 0.6) is 0 Å². The van der Waals surface area contributed by atoms with Gasteiger partial charge in [-0.15, -0.1) is 11.3 Å². The van der Waals surface area contributed by atoms with Crippen molar-refractivity contribution in [1.82, 2.24) is 10.7 Å². The van der Waals surface area contributed by atoms with Crippen LogP contribution in [0, 0.1) is 13.8 Å². The molecule has 1 rings (SSSR count). The molecule has 0 saturated heterocycles. The molecule has 0 fully saturated rings. The summed E-state index contributed by atoms with van der Waals surface area (Å²) in [6.45, 7) is 6.03. The number of amides is 2. The first-order valence-electron chi connectivity index (χ1n) is 4.38. The third kappa shape index (κ3) is 2.46. The fourth-order valence-corrected chi connectivity index (χ4v) is 2.42. The van der Waals surface area contributed by atoms with E-state index in [0.717, 1.165) is 5.56 Å². The molecule has 78 valence electrons. The van der Waals surface area contributed by atoms with Crippen LogP contribution in [-0.4, -0.2) is 6.03 Å². The van der Waals surface area contributed by atoms with Gasteiger partial charge in [0.25, 0.3) is 0 Å². The number of hydrazine groups is 1. The fraction of sp³-hybridized carbons (Fsp3) is 0.444. The number of nitrogens with two attached hydrogens (primary N) is 1. The van der Waals surface area contributed by atoms with Gasteiger partial charge in [-0.1, -0.05) is 0 Å². The second-order valence-corrected chi connectivity index (χ2v) is 4.67. The number of hydrogen-bond donors (Lipinski definition) is 3. The zero-order valence-electron chi connectivity index (χ0n) is 8.55. The molecule has 0 aliphatic carbocycles. The Morgan fingerprint density at radius 2 is 2.21 bits per heavy atom. The number of aryl methyl sites for hydroxylation is 2. The minimum absolute atomic E-state index is 0.0106. The Hall–Kier alpha value is -1.07. The monoisotopic (exact) mass is 213 g/mol. The second-order valence-electron chi connectivity index (χ2n) is 3.21. The fourth-order valence-electron chi connectivity index (χ4n) is 1.40. The Bertz CT molecular complexity index is 335. The Kier molecular flexibility index (Phi) is 3.49. The van der Waals surface area contributed by atoms with Gasteiger partial charge in [-0.25, -0.2) is 10.6 Å². The van der Waals surface area contributed by atoms with Crippen molar-refractivity contribution in [1.29, 1.82) is 0 Å². The summed E-state index contributed by atoms with van der Waals surface area (Å²) < 4.78 is 0. The standard InChI is InChI=1S/C9H15N3OS/c1-5-4-8(7(3)14-5)6(2)11-9(13)12-10/h4,6H,10H2,1-3H3,(H2,11,12,13). The smallest absolute Gasteiger partial charge is 0.329 e. The first kappa shape index (κ1) is 11.0. The van der Waals surface area contributed by atoms with E-state index in [4.69, 9.17) is 5.84 Å². The molecule has 0 bridgehead atoms. The van der Waals surface area contributed by atoms with E-state index in [0.29, 0.717) is 0 Å². The topological polar surface area (TPSA) is 67.2 Å². The van der Waals surface area contributed by atoms with E-state index in [1.54, 1.807) is 11.3 Å². The van der Waals surface area contributed by atoms with Gasteiger partial charge in [0, 0.05) is 9.75 Å². The lowest BCUT2D eigenvalue weighted by Crippen LogP contribution is -2.41. The maximum atomic E-state index is 11.0. The zero-order chi connectivity index (χ0) is 10.7. The lowest BCUT2D eigenvalue weighted by molar-refractivity contribution is 0.238. The van der Waals surface area contributed by atoms with Gasteiger partial charge in [0.05, 0.1) is 6.04 Å². The van der Waals surface area contributed by atoms with E-state index in [-0.39, 0.29) is 12.1 Å². The third-order valence-electron chi connectivity index (χ3n) is 2.02. The number of carbonyl (C=O) groups excluding carboxylic acids is 1. The van der Waals surface area contributed by atoms with Crippen molar-refractivity contribution in [3.05, 3.63) is 21.4 Å². The molecule has 0 spiro atoms. The minimum atomic E-state index is -0.360. The molecule has 1 heterocycles. The average Bonchev–Trinajstić information content (AvgIpc) is 2.45. The second kappa shape index (κ2) is 4.43. The summed E-state index contributed by atoms with van der Waals surface area (Å²) in [6.07, 6.45) is 0. The molecule has 1 unspecified atom stereocenters. The summed E-state index contributed by atoms with van der Waals surface area (Å²) in [5, 5.41) is 2.73. The number of hydrogen-bond acceptors (Lipinski definition) is 3. The molecule has 4 N–H and O–H groups in total. The van der Waals surface area contributed by atoms with Crippen LogP contribution in [0.25, 0.3) is 0 Å². The van der Waals surface area contributed by atoms with E-state index in [1.807, 2.05) is 19.3 Å².